The molecule has 2 aromatic heterocycles. The molecule has 0 bridgehead atoms. The van der Waals surface area contributed by atoms with Crippen molar-refractivity contribution in [2.45, 2.75) is 90.1 Å². The maximum absolute atomic E-state index is 14.3. The van der Waals surface area contributed by atoms with Gasteiger partial charge in [0.15, 0.2) is 0 Å². The predicted molar refractivity (Wildman–Crippen MR) is 174 cm³/mol. The Kier molecular flexibility index (Phi) is 9.74. The van der Waals surface area contributed by atoms with E-state index < -0.39 is 0 Å². The number of nitriles is 1. The fourth-order valence-corrected chi connectivity index (χ4v) is 7.20. The van der Waals surface area contributed by atoms with Crippen LogP contribution in [0.25, 0.3) is 16.9 Å². The number of benzene rings is 2. The van der Waals surface area contributed by atoms with Crippen molar-refractivity contribution in [1.29, 1.82) is 5.26 Å². The van der Waals surface area contributed by atoms with Crippen LogP contribution in [0.3, 0.4) is 0 Å². The molecule has 1 aliphatic carbocycles. The molecule has 2 atom stereocenters. The van der Waals surface area contributed by atoms with Gasteiger partial charge in [0.2, 0.25) is 5.78 Å². The summed E-state index contributed by atoms with van der Waals surface area (Å²) in [4.78, 5) is 21.3. The molecule has 2 aliphatic rings. The summed E-state index contributed by atoms with van der Waals surface area (Å²) in [5.74, 6) is 0.635. The Morgan fingerprint density at radius 3 is 2.47 bits per heavy atom. The lowest BCUT2D eigenvalue weighted by atomic mass is 9.92. The zero-order valence-corrected chi connectivity index (χ0v) is 26.7. The lowest BCUT2D eigenvalue weighted by Crippen LogP contribution is -2.46. The van der Waals surface area contributed by atoms with Crippen LogP contribution < -0.4 is 5.56 Å². The van der Waals surface area contributed by atoms with Gasteiger partial charge >= 0.3 is 0 Å². The first-order valence-corrected chi connectivity index (χ1v) is 16.5. The molecule has 3 heterocycles. The predicted octanol–water partition coefficient (Wildman–Crippen LogP) is 5.58. The highest BCUT2D eigenvalue weighted by atomic mass is 16.5. The number of aromatic nitrogens is 4. The largest absolute Gasteiger partial charge is 0.377 e. The summed E-state index contributed by atoms with van der Waals surface area (Å²) in [5, 5.41) is 14.1. The smallest absolute Gasteiger partial charge is 0.259 e. The molecule has 236 valence electrons. The highest BCUT2D eigenvalue weighted by Gasteiger charge is 2.29. The van der Waals surface area contributed by atoms with Gasteiger partial charge in [-0.05, 0) is 68.7 Å². The number of hydrogen-bond donors (Lipinski definition) is 0. The molecule has 1 aliphatic heterocycles. The molecule has 2 aromatic carbocycles. The van der Waals surface area contributed by atoms with E-state index in [9.17, 15) is 10.1 Å². The number of morpholine rings is 1. The van der Waals surface area contributed by atoms with E-state index in [2.05, 4.69) is 54.0 Å². The molecular formula is C36H44N6O3. The molecule has 0 N–H and O–H groups in total. The van der Waals surface area contributed by atoms with E-state index in [4.69, 9.17) is 9.47 Å². The summed E-state index contributed by atoms with van der Waals surface area (Å²) in [7, 11) is 0. The Hall–Kier alpha value is -3.84. The van der Waals surface area contributed by atoms with Gasteiger partial charge in [-0.25, -0.2) is 4.52 Å². The van der Waals surface area contributed by atoms with Crippen LogP contribution in [0.1, 0.15) is 81.3 Å². The van der Waals surface area contributed by atoms with E-state index in [-0.39, 0.29) is 29.9 Å². The van der Waals surface area contributed by atoms with Crippen molar-refractivity contribution >= 4 is 5.78 Å². The van der Waals surface area contributed by atoms with Gasteiger partial charge in [0.05, 0.1) is 42.2 Å². The van der Waals surface area contributed by atoms with Crippen LogP contribution in [0.5, 0.6) is 0 Å². The summed E-state index contributed by atoms with van der Waals surface area (Å²) in [6, 6.07) is 18.2. The van der Waals surface area contributed by atoms with Crippen molar-refractivity contribution in [2.24, 2.45) is 0 Å². The van der Waals surface area contributed by atoms with Crippen LogP contribution in [-0.4, -0.2) is 68.6 Å². The molecule has 0 amide bonds. The number of hydrogen-bond acceptors (Lipinski definition) is 7. The van der Waals surface area contributed by atoms with Crippen LogP contribution in [-0.2, 0) is 22.3 Å². The van der Waals surface area contributed by atoms with Crippen molar-refractivity contribution in [3.63, 3.8) is 0 Å². The summed E-state index contributed by atoms with van der Waals surface area (Å²) in [5.41, 5.74) is 5.36. The number of nitrogens with zero attached hydrogens (tertiary/aromatic N) is 6. The third-order valence-electron chi connectivity index (χ3n) is 9.27. The minimum atomic E-state index is 0.0396. The first-order valence-electron chi connectivity index (χ1n) is 16.5. The Morgan fingerprint density at radius 1 is 1.02 bits per heavy atom. The van der Waals surface area contributed by atoms with E-state index in [1.165, 1.54) is 0 Å². The summed E-state index contributed by atoms with van der Waals surface area (Å²) in [6.07, 6.45) is 8.06. The van der Waals surface area contributed by atoms with E-state index in [0.717, 1.165) is 92.7 Å². The zero-order valence-electron chi connectivity index (χ0n) is 26.7. The molecule has 0 unspecified atom stereocenters. The number of aryl methyl sites for hydroxylation is 1. The van der Waals surface area contributed by atoms with Gasteiger partial charge in [-0.3, -0.25) is 14.3 Å². The Labute approximate surface area is 265 Å². The van der Waals surface area contributed by atoms with Gasteiger partial charge in [0, 0.05) is 37.7 Å². The average Bonchev–Trinajstić information content (AvgIpc) is 3.53. The molecule has 1 saturated heterocycles. The van der Waals surface area contributed by atoms with E-state index >= 15 is 0 Å². The average molecular weight is 609 g/mol. The van der Waals surface area contributed by atoms with Crippen LogP contribution in [0, 0.1) is 11.3 Å². The summed E-state index contributed by atoms with van der Waals surface area (Å²) in [6.45, 7) is 9.94. The highest BCUT2D eigenvalue weighted by molar-refractivity contribution is 5.70. The van der Waals surface area contributed by atoms with Crippen molar-refractivity contribution in [2.75, 3.05) is 26.2 Å². The molecule has 9 heteroatoms. The number of fused-ring (bicyclic) bond motifs is 1. The minimum Gasteiger partial charge on any atom is -0.377 e. The standard InChI is InChI=1S/C36H44N6O3/c1-4-7-34-33(20-27-10-12-28(13-11-27)32-9-6-5-8-29(32)21-37)35(43)41(36-38-24-39-42(34)36)30-14-16-31(17-15-30)44-19-18-40-22-25(2)45-26(3)23-40/h5-6,8-13,24-26,30-31H,4,7,14-20,22-23H2,1-3H3/t25-,26+,30-,31-. The molecule has 0 spiro atoms. The summed E-state index contributed by atoms with van der Waals surface area (Å²) < 4.78 is 16.0. The van der Waals surface area contributed by atoms with Gasteiger partial charge in [-0.1, -0.05) is 55.8 Å². The second kappa shape index (κ2) is 14.1. The molecule has 0 radical (unpaired) electrons. The molecule has 2 fully saturated rings. The van der Waals surface area contributed by atoms with Crippen molar-refractivity contribution in [3.05, 3.63) is 87.6 Å². The normalized spacial score (nSPS) is 22.4. The quantitative estimate of drug-likeness (QED) is 0.232. The van der Waals surface area contributed by atoms with Crippen LogP contribution >= 0.6 is 0 Å². The second-order valence-electron chi connectivity index (χ2n) is 12.7. The number of ether oxygens (including phenoxy) is 2. The SMILES string of the molecule is CCCc1c(Cc2ccc(-c3ccccc3C#N)cc2)c(=O)n([C@H]2CC[C@H](OCCN3C[C@@H](C)O[C@@H](C)C3)CC2)c2ncnn12. The van der Waals surface area contributed by atoms with Gasteiger partial charge in [0.25, 0.3) is 5.56 Å². The fourth-order valence-electron chi connectivity index (χ4n) is 7.20. The van der Waals surface area contributed by atoms with Crippen molar-refractivity contribution in [3.8, 4) is 17.2 Å². The Morgan fingerprint density at radius 2 is 1.76 bits per heavy atom. The topological polar surface area (TPSA) is 97.7 Å². The molecular weight excluding hydrogens is 564 g/mol. The van der Waals surface area contributed by atoms with Gasteiger partial charge < -0.3 is 9.47 Å². The van der Waals surface area contributed by atoms with E-state index in [0.29, 0.717) is 17.8 Å². The van der Waals surface area contributed by atoms with Gasteiger partial charge in [-0.15, -0.1) is 0 Å². The van der Waals surface area contributed by atoms with Crippen LogP contribution in [0.4, 0.5) is 0 Å². The Balaban J connectivity index is 1.19. The van der Waals surface area contributed by atoms with E-state index in [1.807, 2.05) is 45.5 Å². The maximum atomic E-state index is 14.3. The highest BCUT2D eigenvalue weighted by Crippen LogP contribution is 2.31. The zero-order chi connectivity index (χ0) is 31.3. The molecule has 9 nitrogen and oxygen atoms in total. The first-order chi connectivity index (χ1) is 21.9. The summed E-state index contributed by atoms with van der Waals surface area (Å²) >= 11 is 0. The lowest BCUT2D eigenvalue weighted by molar-refractivity contribution is -0.0778. The monoisotopic (exact) mass is 608 g/mol. The van der Waals surface area contributed by atoms with Crippen LogP contribution in [0.2, 0.25) is 0 Å². The fraction of sp³-hybridized carbons (Fsp3) is 0.500. The molecule has 4 aromatic rings. The minimum absolute atomic E-state index is 0.0396. The van der Waals surface area contributed by atoms with Gasteiger partial charge in [0.1, 0.15) is 6.33 Å². The second-order valence-corrected chi connectivity index (χ2v) is 12.7. The van der Waals surface area contributed by atoms with Crippen LogP contribution in [0.15, 0.2) is 59.7 Å². The number of rotatable bonds is 10. The lowest BCUT2D eigenvalue weighted by Gasteiger charge is -2.36. The molecule has 45 heavy (non-hydrogen) atoms. The maximum Gasteiger partial charge on any atom is 0.259 e. The molecule has 6 rings (SSSR count). The first kappa shape index (κ1) is 31.2. The third-order valence-corrected chi connectivity index (χ3v) is 9.27. The molecule has 1 saturated carbocycles. The van der Waals surface area contributed by atoms with Gasteiger partial charge in [-0.2, -0.15) is 15.3 Å². The van der Waals surface area contributed by atoms with Crippen molar-refractivity contribution < 1.29 is 9.47 Å². The Bertz CT molecular complexity index is 1690. The van der Waals surface area contributed by atoms with Crippen molar-refractivity contribution in [1.82, 2.24) is 24.1 Å². The third kappa shape index (κ3) is 6.89. The van der Waals surface area contributed by atoms with E-state index in [1.54, 1.807) is 6.33 Å².